The van der Waals surface area contributed by atoms with Crippen LogP contribution in [-0.2, 0) is 11.3 Å². The third-order valence-corrected chi connectivity index (χ3v) is 3.14. The smallest absolute Gasteiger partial charge is 0.159 e. The van der Waals surface area contributed by atoms with Crippen molar-refractivity contribution < 1.29 is 13.5 Å². The molecule has 1 N–H and O–H groups in total. The zero-order valence-electron chi connectivity index (χ0n) is 9.93. The summed E-state index contributed by atoms with van der Waals surface area (Å²) in [6.07, 6.45) is 2.07. The van der Waals surface area contributed by atoms with Gasteiger partial charge in [-0.3, -0.25) is 0 Å². The van der Waals surface area contributed by atoms with Crippen LogP contribution in [0.2, 0.25) is 0 Å². The molecule has 1 aliphatic heterocycles. The second kappa shape index (κ2) is 5.10. The summed E-state index contributed by atoms with van der Waals surface area (Å²) in [6.45, 7) is 4.09. The molecule has 0 bridgehead atoms. The fraction of sp³-hybridized carbons (Fsp3) is 0.538. The molecule has 0 amide bonds. The van der Waals surface area contributed by atoms with Crippen LogP contribution in [0.1, 0.15) is 25.3 Å². The highest BCUT2D eigenvalue weighted by Crippen LogP contribution is 2.19. The number of hydrogen-bond donors (Lipinski definition) is 1. The van der Waals surface area contributed by atoms with Crippen LogP contribution in [0.15, 0.2) is 18.2 Å². The number of nitrogens with one attached hydrogen (secondary N) is 1. The van der Waals surface area contributed by atoms with E-state index in [2.05, 4.69) is 12.2 Å². The van der Waals surface area contributed by atoms with Crippen LogP contribution in [0.4, 0.5) is 8.78 Å². The zero-order chi connectivity index (χ0) is 12.3. The van der Waals surface area contributed by atoms with Gasteiger partial charge in [-0.05, 0) is 37.5 Å². The molecule has 1 aromatic carbocycles. The maximum absolute atomic E-state index is 13.0. The van der Waals surface area contributed by atoms with Gasteiger partial charge in [0.15, 0.2) is 11.6 Å². The van der Waals surface area contributed by atoms with Crippen molar-refractivity contribution in [3.05, 3.63) is 35.4 Å². The molecular weight excluding hydrogens is 224 g/mol. The Balaban J connectivity index is 1.94. The van der Waals surface area contributed by atoms with E-state index < -0.39 is 11.6 Å². The van der Waals surface area contributed by atoms with E-state index in [4.69, 9.17) is 4.74 Å². The molecule has 1 heterocycles. The minimum Gasteiger partial charge on any atom is -0.380 e. The molecule has 0 aromatic heterocycles. The monoisotopic (exact) mass is 241 g/mol. The van der Waals surface area contributed by atoms with Gasteiger partial charge in [-0.1, -0.05) is 6.07 Å². The lowest BCUT2D eigenvalue weighted by Crippen LogP contribution is -2.48. The molecule has 1 saturated heterocycles. The van der Waals surface area contributed by atoms with Crippen LogP contribution < -0.4 is 5.32 Å². The van der Waals surface area contributed by atoms with Crippen LogP contribution in [0.25, 0.3) is 0 Å². The number of benzene rings is 1. The van der Waals surface area contributed by atoms with E-state index in [1.54, 1.807) is 6.07 Å². The molecule has 17 heavy (non-hydrogen) atoms. The van der Waals surface area contributed by atoms with Crippen LogP contribution in [-0.4, -0.2) is 18.8 Å². The van der Waals surface area contributed by atoms with Gasteiger partial charge in [0.1, 0.15) is 0 Å². The summed E-state index contributed by atoms with van der Waals surface area (Å²) >= 11 is 0. The Kier molecular flexibility index (Phi) is 3.74. The van der Waals surface area contributed by atoms with Crippen molar-refractivity contribution in [3.63, 3.8) is 0 Å². The van der Waals surface area contributed by atoms with Crippen LogP contribution >= 0.6 is 0 Å². The number of ether oxygens (including phenoxy) is 1. The Morgan fingerprint density at radius 3 is 2.82 bits per heavy atom. The fourth-order valence-corrected chi connectivity index (χ4v) is 2.04. The summed E-state index contributed by atoms with van der Waals surface area (Å²) < 4.78 is 31.2. The molecular formula is C13H17F2NO. The predicted molar refractivity (Wildman–Crippen MR) is 61.7 cm³/mol. The Bertz CT molecular complexity index is 389. The first-order chi connectivity index (χ1) is 8.09. The van der Waals surface area contributed by atoms with Crippen molar-refractivity contribution in [2.24, 2.45) is 0 Å². The molecule has 1 atom stereocenters. The predicted octanol–water partition coefficient (Wildman–Crippen LogP) is 2.62. The van der Waals surface area contributed by atoms with Crippen LogP contribution in [0.3, 0.4) is 0 Å². The van der Waals surface area contributed by atoms with Gasteiger partial charge in [-0.15, -0.1) is 0 Å². The highest BCUT2D eigenvalue weighted by Gasteiger charge is 2.26. The highest BCUT2D eigenvalue weighted by atomic mass is 19.2. The summed E-state index contributed by atoms with van der Waals surface area (Å²) in [6, 6.07) is 3.99. The molecule has 0 radical (unpaired) electrons. The van der Waals surface area contributed by atoms with Crippen molar-refractivity contribution in [1.82, 2.24) is 5.32 Å². The van der Waals surface area contributed by atoms with E-state index in [0.717, 1.165) is 31.1 Å². The van der Waals surface area contributed by atoms with Gasteiger partial charge in [0.25, 0.3) is 0 Å². The van der Waals surface area contributed by atoms with Crippen molar-refractivity contribution in [2.75, 3.05) is 13.2 Å². The summed E-state index contributed by atoms with van der Waals surface area (Å²) in [5.74, 6) is -1.60. The molecule has 2 nitrogen and oxygen atoms in total. The van der Waals surface area contributed by atoms with Crippen molar-refractivity contribution in [3.8, 4) is 0 Å². The number of hydrogen-bond acceptors (Lipinski definition) is 2. The second-order valence-electron chi connectivity index (χ2n) is 4.82. The molecule has 1 aromatic rings. The molecule has 0 saturated carbocycles. The van der Waals surface area contributed by atoms with Gasteiger partial charge >= 0.3 is 0 Å². The summed E-state index contributed by atoms with van der Waals surface area (Å²) in [5.41, 5.74) is 0.680. The minimum absolute atomic E-state index is 0.0664. The van der Waals surface area contributed by atoms with Crippen LogP contribution in [0, 0.1) is 11.6 Å². The van der Waals surface area contributed by atoms with Gasteiger partial charge < -0.3 is 10.1 Å². The Morgan fingerprint density at radius 2 is 2.18 bits per heavy atom. The lowest BCUT2D eigenvalue weighted by atomic mass is 9.94. The first-order valence-corrected chi connectivity index (χ1v) is 5.86. The summed E-state index contributed by atoms with van der Waals surface area (Å²) in [5, 5.41) is 3.35. The van der Waals surface area contributed by atoms with Gasteiger partial charge in [0.05, 0.1) is 6.61 Å². The lowest BCUT2D eigenvalue weighted by molar-refractivity contribution is 0.0278. The lowest BCUT2D eigenvalue weighted by Gasteiger charge is -2.34. The largest absolute Gasteiger partial charge is 0.380 e. The van der Waals surface area contributed by atoms with E-state index in [0.29, 0.717) is 13.2 Å². The quantitative estimate of drug-likeness (QED) is 0.878. The molecule has 1 unspecified atom stereocenters. The third kappa shape index (κ3) is 3.23. The highest BCUT2D eigenvalue weighted by molar-refractivity contribution is 5.17. The molecule has 4 heteroatoms. The SMILES string of the molecule is CC1(NCc2ccc(F)c(F)c2)CCCOC1. The van der Waals surface area contributed by atoms with E-state index >= 15 is 0 Å². The van der Waals surface area contributed by atoms with Crippen LogP contribution in [0.5, 0.6) is 0 Å². The van der Waals surface area contributed by atoms with Crippen molar-refractivity contribution in [1.29, 1.82) is 0 Å². The van der Waals surface area contributed by atoms with Gasteiger partial charge in [0.2, 0.25) is 0 Å². The molecule has 2 rings (SSSR count). The maximum Gasteiger partial charge on any atom is 0.159 e. The topological polar surface area (TPSA) is 21.3 Å². The average molecular weight is 241 g/mol. The minimum atomic E-state index is -0.805. The van der Waals surface area contributed by atoms with E-state index in [9.17, 15) is 8.78 Å². The Morgan fingerprint density at radius 1 is 1.35 bits per heavy atom. The fourth-order valence-electron chi connectivity index (χ4n) is 2.04. The van der Waals surface area contributed by atoms with Crippen molar-refractivity contribution in [2.45, 2.75) is 31.8 Å². The second-order valence-corrected chi connectivity index (χ2v) is 4.82. The first kappa shape index (κ1) is 12.5. The normalized spacial score (nSPS) is 24.9. The standard InChI is InChI=1S/C13H17F2NO/c1-13(5-2-6-17-9-13)16-8-10-3-4-11(14)12(15)7-10/h3-4,7,16H,2,5-6,8-9H2,1H3. The first-order valence-electron chi connectivity index (χ1n) is 5.86. The maximum atomic E-state index is 13.0. The summed E-state index contributed by atoms with van der Waals surface area (Å²) in [4.78, 5) is 0. The van der Waals surface area contributed by atoms with Gasteiger partial charge in [-0.2, -0.15) is 0 Å². The zero-order valence-corrected chi connectivity index (χ0v) is 9.93. The molecule has 94 valence electrons. The molecule has 0 aliphatic carbocycles. The molecule has 1 aliphatic rings. The van der Waals surface area contributed by atoms with E-state index in [-0.39, 0.29) is 5.54 Å². The molecule has 0 spiro atoms. The Hall–Kier alpha value is -1.00. The van der Waals surface area contributed by atoms with Gasteiger partial charge in [-0.25, -0.2) is 8.78 Å². The van der Waals surface area contributed by atoms with Crippen molar-refractivity contribution >= 4 is 0 Å². The molecule has 1 fully saturated rings. The number of rotatable bonds is 3. The Labute approximate surface area is 100.0 Å². The average Bonchev–Trinajstić information content (AvgIpc) is 2.32. The summed E-state index contributed by atoms with van der Waals surface area (Å²) in [7, 11) is 0. The van der Waals surface area contributed by atoms with E-state index in [1.807, 2.05) is 0 Å². The van der Waals surface area contributed by atoms with Gasteiger partial charge in [0, 0.05) is 18.7 Å². The number of halogens is 2. The van der Waals surface area contributed by atoms with E-state index in [1.165, 1.54) is 6.07 Å². The third-order valence-electron chi connectivity index (χ3n) is 3.14.